The van der Waals surface area contributed by atoms with E-state index in [4.69, 9.17) is 5.73 Å². The summed E-state index contributed by atoms with van der Waals surface area (Å²) in [6.07, 6.45) is 2.99. The van der Waals surface area contributed by atoms with Crippen molar-refractivity contribution in [1.29, 1.82) is 0 Å². The summed E-state index contributed by atoms with van der Waals surface area (Å²) in [6, 6.07) is -1.34. The molecule has 1 aliphatic carbocycles. The zero-order chi connectivity index (χ0) is 19.5. The van der Waals surface area contributed by atoms with E-state index in [2.05, 4.69) is 5.32 Å². The molecule has 0 bridgehead atoms. The van der Waals surface area contributed by atoms with Gasteiger partial charge in [0, 0.05) is 18.6 Å². The number of Topliss-reactive ketones (excluding diaryl/α,β-unsaturated/α-hetero) is 1. The van der Waals surface area contributed by atoms with Gasteiger partial charge in [0.25, 0.3) is 0 Å². The maximum Gasteiger partial charge on any atom is 0.246 e. The van der Waals surface area contributed by atoms with Crippen molar-refractivity contribution in [2.24, 2.45) is 17.1 Å². The number of hydrogen-bond donors (Lipinski definition) is 2. The Labute approximate surface area is 162 Å². The molecule has 0 spiro atoms. The summed E-state index contributed by atoms with van der Waals surface area (Å²) in [5.41, 5.74) is 4.99. The molecule has 146 valence electrons. The molecule has 0 radical (unpaired) electrons. The van der Waals surface area contributed by atoms with Crippen LogP contribution in [0.3, 0.4) is 0 Å². The predicted molar refractivity (Wildman–Crippen MR) is 104 cm³/mol. The maximum absolute atomic E-state index is 13.0. The number of carbonyl (C=O) groups excluding carboxylic acids is 4. The SMILES string of the molecule is CSCC[C@@H](NC(=O)C1CC(=O)CC1(C)C)C(=O)N1CSCC1C(N)=O. The van der Waals surface area contributed by atoms with Gasteiger partial charge in [-0.25, -0.2) is 0 Å². The molecule has 1 heterocycles. The second kappa shape index (κ2) is 8.65. The molecule has 2 unspecified atom stereocenters. The van der Waals surface area contributed by atoms with Crippen LogP contribution >= 0.6 is 23.5 Å². The molecule has 3 N–H and O–H groups in total. The maximum atomic E-state index is 13.0. The Hall–Kier alpha value is -1.22. The lowest BCUT2D eigenvalue weighted by Crippen LogP contribution is -2.54. The summed E-state index contributed by atoms with van der Waals surface area (Å²) in [4.78, 5) is 50.6. The van der Waals surface area contributed by atoms with Crippen LogP contribution in [0.5, 0.6) is 0 Å². The quantitative estimate of drug-likeness (QED) is 0.647. The molecule has 3 atom stereocenters. The van der Waals surface area contributed by atoms with Gasteiger partial charge >= 0.3 is 0 Å². The third-order valence-electron chi connectivity index (χ3n) is 5.06. The van der Waals surface area contributed by atoms with Crippen molar-refractivity contribution in [2.75, 3.05) is 23.6 Å². The van der Waals surface area contributed by atoms with Crippen LogP contribution in [-0.4, -0.2) is 64.1 Å². The lowest BCUT2D eigenvalue weighted by molar-refractivity contribution is -0.141. The largest absolute Gasteiger partial charge is 0.368 e. The molecule has 7 nitrogen and oxygen atoms in total. The molecule has 1 saturated heterocycles. The van der Waals surface area contributed by atoms with E-state index in [1.54, 1.807) is 11.8 Å². The van der Waals surface area contributed by atoms with E-state index in [0.29, 0.717) is 30.2 Å². The first-order chi connectivity index (χ1) is 12.2. The molecule has 1 saturated carbocycles. The number of primary amides is 1. The monoisotopic (exact) mass is 401 g/mol. The Balaban J connectivity index is 2.11. The molecule has 0 aromatic heterocycles. The molecule has 26 heavy (non-hydrogen) atoms. The number of amides is 3. The van der Waals surface area contributed by atoms with Gasteiger partial charge in [0.15, 0.2) is 0 Å². The van der Waals surface area contributed by atoms with Crippen LogP contribution in [0.15, 0.2) is 0 Å². The summed E-state index contributed by atoms with van der Waals surface area (Å²) < 4.78 is 0. The Morgan fingerprint density at radius 1 is 1.42 bits per heavy atom. The van der Waals surface area contributed by atoms with E-state index in [1.165, 1.54) is 16.7 Å². The van der Waals surface area contributed by atoms with Crippen LogP contribution in [0.1, 0.15) is 33.1 Å². The molecule has 2 aliphatic rings. The Kier molecular flexibility index (Phi) is 7.01. The van der Waals surface area contributed by atoms with E-state index in [1.807, 2.05) is 20.1 Å². The van der Waals surface area contributed by atoms with Gasteiger partial charge in [-0.05, 0) is 23.8 Å². The molecule has 3 amide bonds. The summed E-state index contributed by atoms with van der Waals surface area (Å²) in [7, 11) is 0. The summed E-state index contributed by atoms with van der Waals surface area (Å²) >= 11 is 3.06. The standard InChI is InChI=1S/C17H27N3O4S2/c1-17(2)7-10(21)6-11(17)15(23)19-12(4-5-25-3)16(24)20-9-26-8-13(20)14(18)22/h11-13H,4-9H2,1-3H3,(H2,18,22)(H,19,23)/t11?,12-,13?/m1/s1. The smallest absolute Gasteiger partial charge is 0.246 e. The van der Waals surface area contributed by atoms with Crippen molar-refractivity contribution >= 4 is 47.0 Å². The third kappa shape index (κ3) is 4.73. The summed E-state index contributed by atoms with van der Waals surface area (Å²) in [5.74, 6) is 0.157. The van der Waals surface area contributed by atoms with Crippen molar-refractivity contribution in [3.8, 4) is 0 Å². The molecular formula is C17H27N3O4S2. The number of ketones is 1. The van der Waals surface area contributed by atoms with Gasteiger partial charge in [0.1, 0.15) is 17.9 Å². The predicted octanol–water partition coefficient (Wildman–Crippen LogP) is 0.616. The molecule has 9 heteroatoms. The first-order valence-electron chi connectivity index (χ1n) is 8.66. The van der Waals surface area contributed by atoms with Crippen LogP contribution < -0.4 is 11.1 Å². The van der Waals surface area contributed by atoms with Crippen LogP contribution in [0, 0.1) is 11.3 Å². The van der Waals surface area contributed by atoms with Crippen molar-refractivity contribution in [3.63, 3.8) is 0 Å². The number of thioether (sulfide) groups is 2. The van der Waals surface area contributed by atoms with Gasteiger partial charge in [-0.15, -0.1) is 11.8 Å². The highest BCUT2D eigenvalue weighted by atomic mass is 32.2. The fourth-order valence-electron chi connectivity index (χ4n) is 3.52. The van der Waals surface area contributed by atoms with Crippen LogP contribution in [-0.2, 0) is 19.2 Å². The molecule has 2 fully saturated rings. The second-order valence-corrected chi connectivity index (χ2v) is 9.51. The minimum absolute atomic E-state index is 0.0758. The first kappa shape index (κ1) is 21.1. The molecule has 0 aromatic carbocycles. The highest BCUT2D eigenvalue weighted by Gasteiger charge is 2.45. The number of rotatable bonds is 7. The van der Waals surface area contributed by atoms with Crippen molar-refractivity contribution in [2.45, 2.75) is 45.2 Å². The van der Waals surface area contributed by atoms with Gasteiger partial charge in [-0.2, -0.15) is 11.8 Å². The van der Waals surface area contributed by atoms with Gasteiger partial charge in [0.2, 0.25) is 17.7 Å². The lowest BCUT2D eigenvalue weighted by Gasteiger charge is -2.30. The number of nitrogens with two attached hydrogens (primary N) is 1. The van der Waals surface area contributed by atoms with E-state index in [9.17, 15) is 19.2 Å². The van der Waals surface area contributed by atoms with Crippen LogP contribution in [0.4, 0.5) is 0 Å². The third-order valence-corrected chi connectivity index (χ3v) is 6.72. The highest BCUT2D eigenvalue weighted by molar-refractivity contribution is 7.99. The minimum Gasteiger partial charge on any atom is -0.368 e. The summed E-state index contributed by atoms with van der Waals surface area (Å²) in [5, 5.41) is 2.85. The average molecular weight is 402 g/mol. The number of nitrogens with zero attached hydrogens (tertiary/aromatic N) is 1. The topological polar surface area (TPSA) is 110 Å². The van der Waals surface area contributed by atoms with Crippen molar-refractivity contribution < 1.29 is 19.2 Å². The highest BCUT2D eigenvalue weighted by Crippen LogP contribution is 2.40. The number of nitrogens with one attached hydrogen (secondary N) is 1. The molecular weight excluding hydrogens is 374 g/mol. The Morgan fingerprint density at radius 2 is 2.12 bits per heavy atom. The van der Waals surface area contributed by atoms with Gasteiger partial charge < -0.3 is 16.0 Å². The van der Waals surface area contributed by atoms with Gasteiger partial charge in [0.05, 0.1) is 11.8 Å². The Bertz CT molecular complexity index is 597. The van der Waals surface area contributed by atoms with E-state index in [0.717, 1.165) is 0 Å². The minimum atomic E-state index is -0.706. The molecule has 0 aromatic rings. The second-order valence-electron chi connectivity index (χ2n) is 7.53. The van der Waals surface area contributed by atoms with E-state index < -0.39 is 29.3 Å². The average Bonchev–Trinajstić information content (AvgIpc) is 3.14. The lowest BCUT2D eigenvalue weighted by atomic mass is 9.81. The normalized spacial score (nSPS) is 26.0. The van der Waals surface area contributed by atoms with Crippen LogP contribution in [0.25, 0.3) is 0 Å². The van der Waals surface area contributed by atoms with Crippen LogP contribution in [0.2, 0.25) is 0 Å². The van der Waals surface area contributed by atoms with Crippen molar-refractivity contribution in [1.82, 2.24) is 10.2 Å². The Morgan fingerprint density at radius 3 is 2.65 bits per heavy atom. The molecule has 1 aliphatic heterocycles. The van der Waals surface area contributed by atoms with E-state index >= 15 is 0 Å². The fourth-order valence-corrected chi connectivity index (χ4v) is 5.16. The molecule has 2 rings (SSSR count). The van der Waals surface area contributed by atoms with Gasteiger partial charge in [-0.1, -0.05) is 13.8 Å². The zero-order valence-corrected chi connectivity index (χ0v) is 17.1. The zero-order valence-electron chi connectivity index (χ0n) is 15.4. The fraction of sp³-hybridized carbons (Fsp3) is 0.765. The van der Waals surface area contributed by atoms with E-state index in [-0.39, 0.29) is 24.0 Å². The number of carbonyl (C=O) groups is 4. The van der Waals surface area contributed by atoms with Gasteiger partial charge in [-0.3, -0.25) is 19.2 Å². The summed E-state index contributed by atoms with van der Waals surface area (Å²) in [6.45, 7) is 3.81. The first-order valence-corrected chi connectivity index (χ1v) is 11.2. The van der Waals surface area contributed by atoms with Crippen molar-refractivity contribution in [3.05, 3.63) is 0 Å². The number of hydrogen-bond acceptors (Lipinski definition) is 6.